The summed E-state index contributed by atoms with van der Waals surface area (Å²) in [5.74, 6) is 0.685. The number of aromatic nitrogens is 2. The summed E-state index contributed by atoms with van der Waals surface area (Å²) in [6.45, 7) is 4.40. The molecule has 0 spiro atoms. The number of carboxylic acids is 1. The molecule has 0 saturated carbocycles. The van der Waals surface area contributed by atoms with Crippen LogP contribution in [0.4, 0.5) is 0 Å². The molecule has 0 aliphatic heterocycles. The Morgan fingerprint density at radius 2 is 1.44 bits per heavy atom. The predicted octanol–water partition coefficient (Wildman–Crippen LogP) is 6.56. The Labute approximate surface area is 229 Å². The van der Waals surface area contributed by atoms with Crippen molar-refractivity contribution >= 4 is 5.97 Å². The zero-order valence-electron chi connectivity index (χ0n) is 22.1. The molecule has 39 heavy (non-hydrogen) atoms. The summed E-state index contributed by atoms with van der Waals surface area (Å²) in [7, 11) is 0. The molecule has 1 unspecified atom stereocenters. The Morgan fingerprint density at radius 3 is 2.08 bits per heavy atom. The van der Waals surface area contributed by atoms with Gasteiger partial charge in [-0.1, -0.05) is 72.8 Å². The first-order valence-electron chi connectivity index (χ1n) is 13.3. The Balaban J connectivity index is 1.28. The molecule has 0 amide bonds. The van der Waals surface area contributed by atoms with Crippen molar-refractivity contribution in [3.05, 3.63) is 138 Å². The Kier molecular flexibility index (Phi) is 8.34. The predicted molar refractivity (Wildman–Crippen MR) is 152 cm³/mol. The third-order valence-corrected chi connectivity index (χ3v) is 6.96. The average molecular weight is 520 g/mol. The molecule has 0 radical (unpaired) electrons. The van der Waals surface area contributed by atoms with Gasteiger partial charge in [-0.2, -0.15) is 0 Å². The average Bonchev–Trinajstić information content (AvgIpc) is 3.62. The number of carboxylic acid groups (broad SMARTS) is 1. The largest absolute Gasteiger partial charge is 0.480 e. The first-order chi connectivity index (χ1) is 19.0. The van der Waals surface area contributed by atoms with Crippen LogP contribution in [0.3, 0.4) is 0 Å². The fraction of sp³-hybridized carbons (Fsp3) is 0.212. The molecule has 0 saturated heterocycles. The molecule has 2 aromatic heterocycles. The highest BCUT2D eigenvalue weighted by Gasteiger charge is 2.19. The molecule has 0 fully saturated rings. The summed E-state index contributed by atoms with van der Waals surface area (Å²) in [5.41, 5.74) is 5.40. The third-order valence-electron chi connectivity index (χ3n) is 6.96. The fourth-order valence-corrected chi connectivity index (χ4v) is 4.82. The molecule has 6 nitrogen and oxygen atoms in total. The molecule has 0 bridgehead atoms. The number of oxazole rings is 1. The molecule has 1 atom stereocenters. The monoisotopic (exact) mass is 519 g/mol. The molecule has 5 aromatic rings. The van der Waals surface area contributed by atoms with E-state index in [-0.39, 0.29) is 0 Å². The highest BCUT2D eigenvalue weighted by atomic mass is 16.4. The quantitative estimate of drug-likeness (QED) is 0.202. The SMILES string of the molecule is Cc1oc(-c2ccccc2)nc1CCN(Cc1ccccc1)Cc1ccc(CC(C(=O)O)n2cccc2)cc1. The zero-order chi connectivity index (χ0) is 27.0. The van der Waals surface area contributed by atoms with Crippen LogP contribution in [0.2, 0.25) is 0 Å². The summed E-state index contributed by atoms with van der Waals surface area (Å²) in [6.07, 6.45) is 4.82. The van der Waals surface area contributed by atoms with Gasteiger partial charge < -0.3 is 14.1 Å². The number of aliphatic carboxylic acids is 1. The molecule has 0 aliphatic rings. The van der Waals surface area contributed by atoms with Gasteiger partial charge in [0.25, 0.3) is 0 Å². The molecule has 3 aromatic carbocycles. The second kappa shape index (κ2) is 12.4. The number of nitrogens with zero attached hydrogens (tertiary/aromatic N) is 3. The minimum Gasteiger partial charge on any atom is -0.480 e. The van der Waals surface area contributed by atoms with E-state index in [0.29, 0.717) is 12.3 Å². The Bertz CT molecular complexity index is 1460. The minimum atomic E-state index is -0.831. The number of hydrogen-bond acceptors (Lipinski definition) is 4. The van der Waals surface area contributed by atoms with Crippen LogP contribution >= 0.6 is 0 Å². The first kappa shape index (κ1) is 26.2. The number of hydrogen-bond donors (Lipinski definition) is 1. The topological polar surface area (TPSA) is 71.5 Å². The van der Waals surface area contributed by atoms with E-state index in [1.54, 1.807) is 17.0 Å². The van der Waals surface area contributed by atoms with Crippen molar-refractivity contribution in [2.75, 3.05) is 6.54 Å². The molecule has 198 valence electrons. The maximum Gasteiger partial charge on any atom is 0.327 e. The third kappa shape index (κ3) is 6.92. The highest BCUT2D eigenvalue weighted by Crippen LogP contribution is 2.23. The van der Waals surface area contributed by atoms with Crippen molar-refractivity contribution in [2.45, 2.75) is 38.9 Å². The van der Waals surface area contributed by atoms with Crippen molar-refractivity contribution < 1.29 is 14.3 Å². The van der Waals surface area contributed by atoms with E-state index in [1.807, 2.05) is 67.6 Å². The van der Waals surface area contributed by atoms with Gasteiger partial charge in [-0.05, 0) is 47.9 Å². The van der Waals surface area contributed by atoms with Gasteiger partial charge in [0, 0.05) is 50.4 Å². The summed E-state index contributed by atoms with van der Waals surface area (Å²) < 4.78 is 7.73. The van der Waals surface area contributed by atoms with Crippen LogP contribution in [-0.2, 0) is 30.7 Å². The van der Waals surface area contributed by atoms with Crippen molar-refractivity contribution in [3.63, 3.8) is 0 Å². The van der Waals surface area contributed by atoms with Crippen molar-refractivity contribution in [3.8, 4) is 11.5 Å². The van der Waals surface area contributed by atoms with Crippen LogP contribution in [0.25, 0.3) is 11.5 Å². The minimum absolute atomic E-state index is 0.438. The number of benzene rings is 3. The van der Waals surface area contributed by atoms with Crippen molar-refractivity contribution in [2.24, 2.45) is 0 Å². The molecular weight excluding hydrogens is 486 g/mol. The van der Waals surface area contributed by atoms with Gasteiger partial charge in [0.15, 0.2) is 0 Å². The highest BCUT2D eigenvalue weighted by molar-refractivity contribution is 5.72. The van der Waals surface area contributed by atoms with Gasteiger partial charge >= 0.3 is 5.97 Å². The summed E-state index contributed by atoms with van der Waals surface area (Å²) in [5, 5.41) is 9.72. The summed E-state index contributed by atoms with van der Waals surface area (Å²) in [4.78, 5) is 19.1. The zero-order valence-corrected chi connectivity index (χ0v) is 22.1. The Hall–Kier alpha value is -4.42. The lowest BCUT2D eigenvalue weighted by atomic mass is 10.0. The first-order valence-corrected chi connectivity index (χ1v) is 13.3. The summed E-state index contributed by atoms with van der Waals surface area (Å²) in [6, 6.07) is 31.9. The Morgan fingerprint density at radius 1 is 0.846 bits per heavy atom. The van der Waals surface area contributed by atoms with Gasteiger partial charge in [0.05, 0.1) is 5.69 Å². The smallest absolute Gasteiger partial charge is 0.327 e. The van der Waals surface area contributed by atoms with E-state index in [0.717, 1.165) is 48.6 Å². The van der Waals surface area contributed by atoms with Crippen LogP contribution in [0.15, 0.2) is 114 Å². The number of rotatable bonds is 12. The molecule has 6 heteroatoms. The van der Waals surface area contributed by atoms with E-state index >= 15 is 0 Å². The van der Waals surface area contributed by atoms with Crippen molar-refractivity contribution in [1.29, 1.82) is 0 Å². The normalized spacial score (nSPS) is 12.1. The van der Waals surface area contributed by atoms with Crippen LogP contribution in [-0.4, -0.2) is 32.1 Å². The van der Waals surface area contributed by atoms with Crippen LogP contribution in [0.5, 0.6) is 0 Å². The van der Waals surface area contributed by atoms with E-state index in [4.69, 9.17) is 9.40 Å². The number of carbonyl (C=O) groups is 1. The van der Waals surface area contributed by atoms with Gasteiger partial charge in [0.2, 0.25) is 5.89 Å². The molecule has 5 rings (SSSR count). The lowest BCUT2D eigenvalue weighted by molar-refractivity contribution is -0.140. The molecule has 1 N–H and O–H groups in total. The van der Waals surface area contributed by atoms with Gasteiger partial charge in [-0.3, -0.25) is 4.90 Å². The molecular formula is C33H33N3O3. The lowest BCUT2D eigenvalue weighted by Crippen LogP contribution is -2.25. The number of aryl methyl sites for hydroxylation is 1. The second-order valence-electron chi connectivity index (χ2n) is 9.84. The van der Waals surface area contributed by atoms with Crippen molar-refractivity contribution in [1.82, 2.24) is 14.5 Å². The van der Waals surface area contributed by atoms with E-state index in [9.17, 15) is 9.90 Å². The van der Waals surface area contributed by atoms with Crippen LogP contribution in [0.1, 0.15) is 34.2 Å². The van der Waals surface area contributed by atoms with Gasteiger partial charge in [-0.25, -0.2) is 9.78 Å². The fourth-order valence-electron chi connectivity index (χ4n) is 4.82. The van der Waals surface area contributed by atoms with E-state index in [1.165, 1.54) is 11.1 Å². The second-order valence-corrected chi connectivity index (χ2v) is 9.84. The summed E-state index contributed by atoms with van der Waals surface area (Å²) >= 11 is 0. The molecule has 2 heterocycles. The van der Waals surface area contributed by atoms with Gasteiger partial charge in [-0.15, -0.1) is 0 Å². The standard InChI is InChI=1S/C33H33N3O3/c1-25-30(34-32(39-25)29-12-6-3-7-13-29)18-21-35(23-27-10-4-2-5-11-27)24-28-16-14-26(15-17-28)22-31(33(37)38)36-19-8-9-20-36/h2-17,19-20,31H,18,21-24H2,1H3,(H,37,38). The van der Waals surface area contributed by atoms with E-state index < -0.39 is 12.0 Å². The van der Waals surface area contributed by atoms with Crippen LogP contribution in [0, 0.1) is 6.92 Å². The van der Waals surface area contributed by atoms with Gasteiger partial charge in [0.1, 0.15) is 11.8 Å². The maximum absolute atomic E-state index is 11.8. The van der Waals surface area contributed by atoms with E-state index in [2.05, 4.69) is 41.3 Å². The molecule has 0 aliphatic carbocycles. The van der Waals surface area contributed by atoms with Crippen LogP contribution < -0.4 is 0 Å². The lowest BCUT2D eigenvalue weighted by Gasteiger charge is -2.23. The maximum atomic E-state index is 11.8.